The van der Waals surface area contributed by atoms with Crippen molar-refractivity contribution in [3.63, 3.8) is 0 Å². The maximum absolute atomic E-state index is 13.1. The molecule has 0 N–H and O–H groups in total. The standard InChI is InChI=1S/C20H27NO3/c1-3-7-15-8-6-12-21(13-11-15)19(23)20(2)14-16-9-4-5-10-17(16)18(22)24-20/h4-5,9-10,15H,3,6-8,11-14H2,1-2H3. The van der Waals surface area contributed by atoms with Crippen molar-refractivity contribution in [3.05, 3.63) is 35.4 Å². The molecule has 130 valence electrons. The van der Waals surface area contributed by atoms with Crippen molar-refractivity contribution in [2.24, 2.45) is 5.92 Å². The first-order valence-electron chi connectivity index (χ1n) is 9.14. The summed E-state index contributed by atoms with van der Waals surface area (Å²) < 4.78 is 5.60. The number of rotatable bonds is 3. The molecule has 2 aliphatic heterocycles. The number of carbonyl (C=O) groups excluding carboxylic acids is 2. The third-order valence-electron chi connectivity index (χ3n) is 5.37. The van der Waals surface area contributed by atoms with Gasteiger partial charge in [0.15, 0.2) is 5.60 Å². The SMILES string of the molecule is CCCC1CCCN(C(=O)C2(C)Cc3ccccc3C(=O)O2)CC1. The molecular formula is C20H27NO3. The molecule has 0 radical (unpaired) electrons. The molecule has 1 aromatic carbocycles. The number of nitrogens with zero attached hydrogens (tertiary/aromatic N) is 1. The first kappa shape index (κ1) is 17.0. The fourth-order valence-corrected chi connectivity index (χ4v) is 4.05. The fraction of sp³-hybridized carbons (Fsp3) is 0.600. The molecule has 1 amide bonds. The van der Waals surface area contributed by atoms with Gasteiger partial charge in [-0.2, -0.15) is 0 Å². The van der Waals surface area contributed by atoms with Gasteiger partial charge in [0.1, 0.15) is 0 Å². The van der Waals surface area contributed by atoms with Gasteiger partial charge in [-0.3, -0.25) is 4.79 Å². The number of cyclic esters (lactones) is 1. The third kappa shape index (κ3) is 3.33. The van der Waals surface area contributed by atoms with E-state index >= 15 is 0 Å². The highest BCUT2D eigenvalue weighted by atomic mass is 16.6. The summed E-state index contributed by atoms with van der Waals surface area (Å²) in [6, 6.07) is 7.42. The van der Waals surface area contributed by atoms with Crippen LogP contribution >= 0.6 is 0 Å². The summed E-state index contributed by atoms with van der Waals surface area (Å²) in [4.78, 5) is 27.3. The van der Waals surface area contributed by atoms with Crippen molar-refractivity contribution >= 4 is 11.9 Å². The molecule has 4 nitrogen and oxygen atoms in total. The number of amides is 1. The molecule has 2 unspecified atom stereocenters. The highest BCUT2D eigenvalue weighted by Crippen LogP contribution is 2.31. The van der Waals surface area contributed by atoms with Crippen LogP contribution in [0.5, 0.6) is 0 Å². The molecule has 0 bridgehead atoms. The second kappa shape index (κ2) is 6.96. The highest BCUT2D eigenvalue weighted by molar-refractivity contribution is 5.97. The largest absolute Gasteiger partial charge is 0.445 e. The Morgan fingerprint density at radius 3 is 2.88 bits per heavy atom. The van der Waals surface area contributed by atoms with Crippen LogP contribution in [0.4, 0.5) is 0 Å². The normalized spacial score (nSPS) is 27.2. The molecule has 3 rings (SSSR count). The van der Waals surface area contributed by atoms with Gasteiger partial charge in [0.2, 0.25) is 0 Å². The Hall–Kier alpha value is -1.84. The minimum atomic E-state index is -1.07. The molecule has 2 atom stereocenters. The Labute approximate surface area is 144 Å². The fourth-order valence-electron chi connectivity index (χ4n) is 4.05. The van der Waals surface area contributed by atoms with Crippen LogP contribution in [0.2, 0.25) is 0 Å². The predicted octanol–water partition coefficient (Wildman–Crippen LogP) is 3.59. The quantitative estimate of drug-likeness (QED) is 0.796. The lowest BCUT2D eigenvalue weighted by Crippen LogP contribution is -2.53. The summed E-state index contributed by atoms with van der Waals surface area (Å²) in [6.07, 6.45) is 6.18. The number of benzene rings is 1. The number of hydrogen-bond donors (Lipinski definition) is 0. The molecule has 2 heterocycles. The topological polar surface area (TPSA) is 46.6 Å². The van der Waals surface area contributed by atoms with E-state index in [4.69, 9.17) is 4.74 Å². The minimum absolute atomic E-state index is 0.0394. The number of likely N-dealkylation sites (tertiary alicyclic amines) is 1. The predicted molar refractivity (Wildman–Crippen MR) is 92.8 cm³/mol. The van der Waals surface area contributed by atoms with E-state index in [1.54, 1.807) is 13.0 Å². The van der Waals surface area contributed by atoms with Crippen molar-refractivity contribution in [2.45, 2.75) is 58.0 Å². The molecule has 4 heteroatoms. The van der Waals surface area contributed by atoms with Gasteiger partial charge in [0.05, 0.1) is 5.56 Å². The number of esters is 1. The van der Waals surface area contributed by atoms with Crippen molar-refractivity contribution in [3.8, 4) is 0 Å². The van der Waals surface area contributed by atoms with Gasteiger partial charge in [0.25, 0.3) is 5.91 Å². The maximum Gasteiger partial charge on any atom is 0.339 e. The van der Waals surface area contributed by atoms with Crippen molar-refractivity contribution < 1.29 is 14.3 Å². The van der Waals surface area contributed by atoms with Crippen molar-refractivity contribution in [1.82, 2.24) is 4.90 Å². The Morgan fingerprint density at radius 2 is 2.08 bits per heavy atom. The van der Waals surface area contributed by atoms with Crippen LogP contribution in [-0.4, -0.2) is 35.5 Å². The van der Waals surface area contributed by atoms with Crippen LogP contribution in [0.3, 0.4) is 0 Å². The zero-order chi connectivity index (χ0) is 17.2. The maximum atomic E-state index is 13.1. The summed E-state index contributed by atoms with van der Waals surface area (Å²) in [5.74, 6) is 0.295. The highest BCUT2D eigenvalue weighted by Gasteiger charge is 2.44. The molecule has 0 aromatic heterocycles. The number of ether oxygens (including phenoxy) is 1. The zero-order valence-corrected chi connectivity index (χ0v) is 14.7. The molecule has 2 aliphatic rings. The van der Waals surface area contributed by atoms with Gasteiger partial charge in [-0.15, -0.1) is 0 Å². The van der Waals surface area contributed by atoms with Gasteiger partial charge in [-0.1, -0.05) is 38.0 Å². The van der Waals surface area contributed by atoms with Crippen LogP contribution in [-0.2, 0) is 16.0 Å². The van der Waals surface area contributed by atoms with Gasteiger partial charge < -0.3 is 9.64 Å². The average Bonchev–Trinajstić information content (AvgIpc) is 2.80. The van der Waals surface area contributed by atoms with Crippen LogP contribution in [0.25, 0.3) is 0 Å². The second-order valence-electron chi connectivity index (χ2n) is 7.33. The Morgan fingerprint density at radius 1 is 1.29 bits per heavy atom. The lowest BCUT2D eigenvalue weighted by Gasteiger charge is -2.37. The van der Waals surface area contributed by atoms with Gasteiger partial charge in [-0.25, -0.2) is 4.79 Å². The van der Waals surface area contributed by atoms with Gasteiger partial charge >= 0.3 is 5.97 Å². The Balaban J connectivity index is 1.74. The van der Waals surface area contributed by atoms with Gasteiger partial charge in [-0.05, 0) is 43.7 Å². The molecule has 24 heavy (non-hydrogen) atoms. The number of fused-ring (bicyclic) bond motifs is 1. The van der Waals surface area contributed by atoms with E-state index in [0.29, 0.717) is 12.0 Å². The molecule has 0 saturated carbocycles. The summed E-state index contributed by atoms with van der Waals surface area (Å²) in [5.41, 5.74) is 0.417. The van der Waals surface area contributed by atoms with Crippen molar-refractivity contribution in [1.29, 1.82) is 0 Å². The minimum Gasteiger partial charge on any atom is -0.445 e. The lowest BCUT2D eigenvalue weighted by molar-refractivity contribution is -0.151. The van der Waals surface area contributed by atoms with Crippen LogP contribution in [0.1, 0.15) is 61.9 Å². The van der Waals surface area contributed by atoms with E-state index in [0.717, 1.165) is 37.4 Å². The second-order valence-corrected chi connectivity index (χ2v) is 7.33. The zero-order valence-electron chi connectivity index (χ0n) is 14.7. The van der Waals surface area contributed by atoms with E-state index in [1.807, 2.05) is 23.1 Å². The summed E-state index contributed by atoms with van der Waals surface area (Å²) in [6.45, 7) is 5.53. The Kier molecular flexibility index (Phi) is 4.93. The van der Waals surface area contributed by atoms with E-state index in [-0.39, 0.29) is 11.9 Å². The van der Waals surface area contributed by atoms with E-state index in [9.17, 15) is 9.59 Å². The molecular weight excluding hydrogens is 302 g/mol. The molecule has 0 spiro atoms. The molecule has 1 saturated heterocycles. The number of hydrogen-bond acceptors (Lipinski definition) is 3. The smallest absolute Gasteiger partial charge is 0.339 e. The van der Waals surface area contributed by atoms with E-state index in [1.165, 1.54) is 19.3 Å². The molecule has 0 aliphatic carbocycles. The first-order valence-corrected chi connectivity index (χ1v) is 9.14. The summed E-state index contributed by atoms with van der Waals surface area (Å²) in [7, 11) is 0. The third-order valence-corrected chi connectivity index (χ3v) is 5.37. The summed E-state index contributed by atoms with van der Waals surface area (Å²) >= 11 is 0. The van der Waals surface area contributed by atoms with Crippen LogP contribution in [0, 0.1) is 5.92 Å². The Bertz CT molecular complexity index is 627. The van der Waals surface area contributed by atoms with Crippen LogP contribution < -0.4 is 0 Å². The van der Waals surface area contributed by atoms with Gasteiger partial charge in [0, 0.05) is 19.5 Å². The average molecular weight is 329 g/mol. The lowest BCUT2D eigenvalue weighted by atomic mass is 9.89. The number of carbonyl (C=O) groups is 2. The van der Waals surface area contributed by atoms with E-state index < -0.39 is 5.60 Å². The molecule has 1 fully saturated rings. The first-order chi connectivity index (χ1) is 11.5. The van der Waals surface area contributed by atoms with Crippen LogP contribution in [0.15, 0.2) is 24.3 Å². The molecule has 1 aromatic rings. The summed E-state index contributed by atoms with van der Waals surface area (Å²) in [5, 5.41) is 0. The van der Waals surface area contributed by atoms with E-state index in [2.05, 4.69) is 6.92 Å². The van der Waals surface area contributed by atoms with Crippen molar-refractivity contribution in [2.75, 3.05) is 13.1 Å². The monoisotopic (exact) mass is 329 g/mol.